The van der Waals surface area contributed by atoms with Crippen LogP contribution in [0.4, 0.5) is 0 Å². The molecule has 1 aliphatic carbocycles. The van der Waals surface area contributed by atoms with Crippen molar-refractivity contribution >= 4 is 17.0 Å². The molecule has 1 heterocycles. The Kier molecular flexibility index (Phi) is 2.47. The van der Waals surface area contributed by atoms with Gasteiger partial charge >= 0.3 is 11.7 Å². The molecular formula is C13H14N2O3. The number of aromatic nitrogens is 2. The Bertz CT molecular complexity index is 664. The summed E-state index contributed by atoms with van der Waals surface area (Å²) in [5.74, 6) is -0.806. The van der Waals surface area contributed by atoms with Crippen molar-refractivity contribution in [3.05, 3.63) is 34.2 Å². The van der Waals surface area contributed by atoms with Gasteiger partial charge in [0, 0.05) is 12.5 Å². The van der Waals surface area contributed by atoms with Crippen LogP contribution < -0.4 is 5.69 Å². The van der Waals surface area contributed by atoms with E-state index in [-0.39, 0.29) is 12.1 Å². The van der Waals surface area contributed by atoms with E-state index in [0.717, 1.165) is 29.4 Å². The van der Waals surface area contributed by atoms with Crippen LogP contribution in [0.2, 0.25) is 0 Å². The quantitative estimate of drug-likeness (QED) is 0.861. The molecule has 0 radical (unpaired) electrons. The van der Waals surface area contributed by atoms with E-state index < -0.39 is 5.97 Å². The number of nitrogens with one attached hydrogen (secondary N) is 1. The predicted molar refractivity (Wildman–Crippen MR) is 66.8 cm³/mol. The highest BCUT2D eigenvalue weighted by molar-refractivity contribution is 5.76. The average molecular weight is 246 g/mol. The number of benzene rings is 1. The van der Waals surface area contributed by atoms with Crippen LogP contribution in [-0.4, -0.2) is 20.6 Å². The lowest BCUT2D eigenvalue weighted by atomic mass is 10.1. The third-order valence-electron chi connectivity index (χ3n) is 3.32. The van der Waals surface area contributed by atoms with Crippen molar-refractivity contribution in [3.8, 4) is 0 Å². The van der Waals surface area contributed by atoms with Crippen LogP contribution >= 0.6 is 0 Å². The Hall–Kier alpha value is -2.04. The van der Waals surface area contributed by atoms with E-state index in [1.54, 1.807) is 4.57 Å². The summed E-state index contributed by atoms with van der Waals surface area (Å²) in [6.07, 6.45) is 2.72. The number of carboxylic acid groups (broad SMARTS) is 1. The van der Waals surface area contributed by atoms with Crippen molar-refractivity contribution in [2.45, 2.75) is 31.7 Å². The highest BCUT2D eigenvalue weighted by atomic mass is 16.4. The van der Waals surface area contributed by atoms with Gasteiger partial charge in [0.1, 0.15) is 0 Å². The van der Waals surface area contributed by atoms with E-state index in [1.165, 1.54) is 0 Å². The van der Waals surface area contributed by atoms with E-state index in [2.05, 4.69) is 4.98 Å². The molecule has 0 amide bonds. The molecule has 0 bridgehead atoms. The second-order valence-electron chi connectivity index (χ2n) is 4.78. The number of carbonyl (C=O) groups is 1. The lowest BCUT2D eigenvalue weighted by Crippen LogP contribution is -2.14. The number of H-pyrrole nitrogens is 1. The first kappa shape index (κ1) is 11.1. The van der Waals surface area contributed by atoms with Gasteiger partial charge in [-0.3, -0.25) is 9.36 Å². The highest BCUT2D eigenvalue weighted by Crippen LogP contribution is 2.35. The molecule has 1 aromatic carbocycles. The molecule has 1 aromatic heterocycles. The summed E-state index contributed by atoms with van der Waals surface area (Å²) >= 11 is 0. The van der Waals surface area contributed by atoms with Gasteiger partial charge in [-0.15, -0.1) is 0 Å². The molecule has 1 aliphatic rings. The van der Waals surface area contributed by atoms with Gasteiger partial charge in [-0.05, 0) is 37.0 Å². The maximum Gasteiger partial charge on any atom is 0.326 e. The van der Waals surface area contributed by atoms with Crippen LogP contribution in [0.3, 0.4) is 0 Å². The van der Waals surface area contributed by atoms with Crippen molar-refractivity contribution in [2.75, 3.05) is 0 Å². The van der Waals surface area contributed by atoms with Crippen molar-refractivity contribution in [2.24, 2.45) is 0 Å². The van der Waals surface area contributed by atoms with Crippen molar-refractivity contribution in [1.82, 2.24) is 9.55 Å². The van der Waals surface area contributed by atoms with Gasteiger partial charge in [0.15, 0.2) is 0 Å². The monoisotopic (exact) mass is 246 g/mol. The molecule has 0 saturated heterocycles. The number of hydrogen-bond acceptors (Lipinski definition) is 2. The van der Waals surface area contributed by atoms with E-state index in [4.69, 9.17) is 5.11 Å². The zero-order chi connectivity index (χ0) is 12.7. The summed E-state index contributed by atoms with van der Waals surface area (Å²) in [6.45, 7) is 0. The molecule has 0 atom stereocenters. The van der Waals surface area contributed by atoms with E-state index >= 15 is 0 Å². The molecule has 5 heteroatoms. The summed E-state index contributed by atoms with van der Waals surface area (Å²) in [4.78, 5) is 25.2. The zero-order valence-electron chi connectivity index (χ0n) is 9.85. The molecule has 94 valence electrons. The zero-order valence-corrected chi connectivity index (χ0v) is 9.85. The SMILES string of the molecule is O=C(O)CCc1ccc2c(c1)[nH]c(=O)n2C1CC1. The van der Waals surface area contributed by atoms with E-state index in [9.17, 15) is 9.59 Å². The minimum atomic E-state index is -0.806. The number of aryl methyl sites for hydroxylation is 1. The summed E-state index contributed by atoms with van der Waals surface area (Å²) in [5, 5.41) is 8.66. The number of imidazole rings is 1. The Morgan fingerprint density at radius 1 is 1.44 bits per heavy atom. The van der Waals surface area contributed by atoms with Crippen LogP contribution in [0.1, 0.15) is 30.9 Å². The second kappa shape index (κ2) is 4.01. The van der Waals surface area contributed by atoms with Gasteiger partial charge in [-0.2, -0.15) is 0 Å². The lowest BCUT2D eigenvalue weighted by molar-refractivity contribution is -0.136. The first-order valence-corrected chi connectivity index (χ1v) is 6.10. The molecule has 1 saturated carbocycles. The summed E-state index contributed by atoms with van der Waals surface area (Å²) in [5.41, 5.74) is 2.59. The number of carboxylic acids is 1. The molecule has 5 nitrogen and oxygen atoms in total. The van der Waals surface area contributed by atoms with Crippen molar-refractivity contribution in [1.29, 1.82) is 0 Å². The van der Waals surface area contributed by atoms with Gasteiger partial charge in [-0.1, -0.05) is 6.07 Å². The highest BCUT2D eigenvalue weighted by Gasteiger charge is 2.27. The number of fused-ring (bicyclic) bond motifs is 1. The summed E-state index contributed by atoms with van der Waals surface area (Å²) in [6, 6.07) is 6.02. The molecule has 0 aliphatic heterocycles. The van der Waals surface area contributed by atoms with Crippen LogP contribution in [0.15, 0.2) is 23.0 Å². The standard InChI is InChI=1S/C13H14N2O3/c16-12(17)6-2-8-1-5-11-10(7-8)14-13(18)15(11)9-3-4-9/h1,5,7,9H,2-4,6H2,(H,14,18)(H,16,17). The lowest BCUT2D eigenvalue weighted by Gasteiger charge is -2.01. The third-order valence-corrected chi connectivity index (χ3v) is 3.32. The second-order valence-corrected chi connectivity index (χ2v) is 4.78. The van der Waals surface area contributed by atoms with Gasteiger partial charge in [0.2, 0.25) is 0 Å². The van der Waals surface area contributed by atoms with Crippen LogP contribution in [0.25, 0.3) is 11.0 Å². The number of nitrogens with zero attached hydrogens (tertiary/aromatic N) is 1. The Morgan fingerprint density at radius 2 is 2.22 bits per heavy atom. The van der Waals surface area contributed by atoms with Gasteiger partial charge in [0.25, 0.3) is 0 Å². The number of rotatable bonds is 4. The number of aromatic amines is 1. The molecule has 2 N–H and O–H groups in total. The van der Waals surface area contributed by atoms with E-state index in [0.29, 0.717) is 12.5 Å². The molecule has 3 rings (SSSR count). The minimum Gasteiger partial charge on any atom is -0.481 e. The molecule has 2 aromatic rings. The van der Waals surface area contributed by atoms with Crippen molar-refractivity contribution < 1.29 is 9.90 Å². The number of hydrogen-bond donors (Lipinski definition) is 2. The van der Waals surface area contributed by atoms with Crippen LogP contribution in [0, 0.1) is 0 Å². The Balaban J connectivity index is 1.98. The van der Waals surface area contributed by atoms with Gasteiger partial charge in [0.05, 0.1) is 11.0 Å². The minimum absolute atomic E-state index is 0.0668. The molecule has 18 heavy (non-hydrogen) atoms. The van der Waals surface area contributed by atoms with Gasteiger partial charge < -0.3 is 10.1 Å². The fourth-order valence-electron chi connectivity index (χ4n) is 2.28. The first-order valence-electron chi connectivity index (χ1n) is 6.10. The third kappa shape index (κ3) is 1.92. The maximum absolute atomic E-state index is 11.8. The molecule has 1 fully saturated rings. The average Bonchev–Trinajstić information content (AvgIpc) is 3.09. The fourth-order valence-corrected chi connectivity index (χ4v) is 2.28. The molecule has 0 spiro atoms. The number of aliphatic carboxylic acids is 1. The predicted octanol–water partition coefficient (Wildman–Crippen LogP) is 1.68. The fraction of sp³-hybridized carbons (Fsp3) is 0.385. The maximum atomic E-state index is 11.8. The Labute approximate surface area is 103 Å². The first-order chi connectivity index (χ1) is 8.65. The van der Waals surface area contributed by atoms with Crippen LogP contribution in [-0.2, 0) is 11.2 Å². The largest absolute Gasteiger partial charge is 0.481 e. The van der Waals surface area contributed by atoms with Crippen LogP contribution in [0.5, 0.6) is 0 Å². The smallest absolute Gasteiger partial charge is 0.326 e. The summed E-state index contributed by atoms with van der Waals surface area (Å²) in [7, 11) is 0. The molecule has 0 unspecified atom stereocenters. The topological polar surface area (TPSA) is 75.1 Å². The van der Waals surface area contributed by atoms with Gasteiger partial charge in [-0.25, -0.2) is 4.79 Å². The Morgan fingerprint density at radius 3 is 2.89 bits per heavy atom. The van der Waals surface area contributed by atoms with E-state index in [1.807, 2.05) is 18.2 Å². The normalized spacial score (nSPS) is 15.1. The van der Waals surface area contributed by atoms with Crippen molar-refractivity contribution in [3.63, 3.8) is 0 Å². The molecular weight excluding hydrogens is 232 g/mol. The summed E-state index contributed by atoms with van der Waals surface area (Å²) < 4.78 is 1.80.